The first-order valence-electron chi connectivity index (χ1n) is 13.2. The molecule has 0 unspecified atom stereocenters. The Balaban J connectivity index is -0.000000218. The Kier molecular flexibility index (Phi) is 32.9. The Morgan fingerprint density at radius 3 is 0.568 bits per heavy atom. The number of hydrogen-bond acceptors (Lipinski definition) is 3. The summed E-state index contributed by atoms with van der Waals surface area (Å²) in [5.74, 6) is 3.88. The molecule has 0 aliphatic heterocycles. The van der Waals surface area contributed by atoms with Gasteiger partial charge in [0.05, 0.1) is 0 Å². The third kappa shape index (κ3) is 33.8. The van der Waals surface area contributed by atoms with Gasteiger partial charge in [-0.25, -0.2) is 0 Å². The van der Waals surface area contributed by atoms with E-state index in [1.807, 2.05) is 0 Å². The van der Waals surface area contributed by atoms with Crippen LogP contribution in [0.4, 0.5) is 0 Å². The maximum atomic E-state index is 5.04. The molecule has 0 atom stereocenters. The second-order valence-corrected chi connectivity index (χ2v) is 15.3. The summed E-state index contributed by atoms with van der Waals surface area (Å²) >= 11 is 27.7. The second kappa shape index (κ2) is 26.6. The minimum atomic E-state index is 0. The van der Waals surface area contributed by atoms with E-state index in [0.29, 0.717) is 35.5 Å². The molecule has 0 fully saturated rings. The van der Waals surface area contributed by atoms with Crippen LogP contribution in [0.25, 0.3) is 0 Å². The van der Waals surface area contributed by atoms with Crippen molar-refractivity contribution in [2.45, 2.75) is 83.1 Å². The summed E-state index contributed by atoms with van der Waals surface area (Å²) < 4.78 is 2.16. The van der Waals surface area contributed by atoms with Crippen LogP contribution < -0.4 is 0 Å². The number of rotatable bonds is 12. The zero-order valence-corrected chi connectivity index (χ0v) is 31.7. The average molecular weight is 672 g/mol. The molecule has 221 valence electrons. The number of nitrogens with zero attached hydrogens (tertiary/aromatic N) is 3. The molecule has 0 amide bonds. The first-order chi connectivity index (χ1) is 16.3. The van der Waals surface area contributed by atoms with Crippen molar-refractivity contribution in [2.75, 3.05) is 39.3 Å². The van der Waals surface area contributed by atoms with Crippen LogP contribution in [0, 0.1) is 35.5 Å². The molecule has 0 saturated heterocycles. The van der Waals surface area contributed by atoms with Crippen LogP contribution >= 0.6 is 0 Å². The molecule has 0 aromatic heterocycles. The van der Waals surface area contributed by atoms with Crippen molar-refractivity contribution in [2.24, 2.45) is 35.5 Å². The van der Waals surface area contributed by atoms with Gasteiger partial charge < -0.3 is 37.9 Å². The van der Waals surface area contributed by atoms with Crippen molar-refractivity contribution in [3.05, 3.63) is 0 Å². The van der Waals surface area contributed by atoms with Crippen LogP contribution in [-0.2, 0) is 91.6 Å². The second-order valence-electron chi connectivity index (χ2n) is 11.9. The molecule has 0 N–H and O–H groups in total. The van der Waals surface area contributed by atoms with Crippen molar-refractivity contribution < 1.29 is 17.1 Å². The van der Waals surface area contributed by atoms with E-state index in [1.165, 1.54) is 0 Å². The molecular formula is C27H57FeN3S6+3. The predicted molar refractivity (Wildman–Crippen MR) is 187 cm³/mol. The maximum absolute atomic E-state index is 5.04. The first-order valence-corrected chi connectivity index (χ1v) is 15.8. The average Bonchev–Trinajstić information content (AvgIpc) is 2.65. The SMILES string of the molecule is CC(C)CN(CC(C)C)C([S-])=[SH+].CC(C)CN(CC(C)C)C([S-])=[SH+].CC(C)CN(CC(C)C)C([S-])=[SH+].[Fe+3]. The van der Waals surface area contributed by atoms with Crippen LogP contribution in [0.3, 0.4) is 0 Å². The van der Waals surface area contributed by atoms with Gasteiger partial charge >= 0.3 is 17.1 Å². The van der Waals surface area contributed by atoms with Crippen molar-refractivity contribution in [3.8, 4) is 0 Å². The molecule has 0 aliphatic rings. The molecule has 0 spiro atoms. The van der Waals surface area contributed by atoms with Gasteiger partial charge in [-0.1, -0.05) is 83.1 Å². The van der Waals surface area contributed by atoms with E-state index in [2.05, 4.69) is 134 Å². The van der Waals surface area contributed by atoms with Crippen molar-refractivity contribution in [3.63, 3.8) is 0 Å². The molecular weight excluding hydrogens is 615 g/mol. The summed E-state index contributed by atoms with van der Waals surface area (Å²) in [6.45, 7) is 32.4. The van der Waals surface area contributed by atoms with Crippen LogP contribution in [0.2, 0.25) is 0 Å². The molecule has 0 heterocycles. The molecule has 3 nitrogen and oxygen atoms in total. The fourth-order valence-electron chi connectivity index (χ4n) is 3.34. The van der Waals surface area contributed by atoms with Gasteiger partial charge in [-0.15, -0.1) is 0 Å². The molecule has 0 aromatic rings. The Hall–Kier alpha value is 1.72. The predicted octanol–water partition coefficient (Wildman–Crippen LogP) is 4.54. The fraction of sp³-hybridized carbons (Fsp3) is 0.889. The Labute approximate surface area is 275 Å². The van der Waals surface area contributed by atoms with E-state index in [-0.39, 0.29) is 17.1 Å². The van der Waals surface area contributed by atoms with Gasteiger partial charge in [-0.3, -0.25) is 14.7 Å². The minimum absolute atomic E-state index is 0. The Morgan fingerprint density at radius 1 is 0.405 bits per heavy atom. The van der Waals surface area contributed by atoms with Gasteiger partial charge in [-0.05, 0) is 35.5 Å². The molecule has 0 aliphatic carbocycles. The van der Waals surface area contributed by atoms with E-state index < -0.39 is 0 Å². The van der Waals surface area contributed by atoms with Gasteiger partial charge in [0, 0.05) is 39.3 Å². The van der Waals surface area contributed by atoms with Gasteiger partial charge in [0.1, 0.15) is 49.6 Å². The van der Waals surface area contributed by atoms with E-state index in [1.54, 1.807) is 0 Å². The molecule has 37 heavy (non-hydrogen) atoms. The largest absolute Gasteiger partial charge is 3.00 e. The standard InChI is InChI=1S/3C9H19NS2.Fe/c3*1-7(2)5-10(9(11)12)6-8(3)4;/h3*7-8H,5-6H2,1-4H3,(H,11,12);/q;;;+3. The summed E-state index contributed by atoms with van der Waals surface area (Å²) in [6, 6.07) is 0. The van der Waals surface area contributed by atoms with Crippen LogP contribution in [0.1, 0.15) is 83.1 Å². The Morgan fingerprint density at radius 2 is 0.514 bits per heavy atom. The maximum Gasteiger partial charge on any atom is 3.00 e. The van der Waals surface area contributed by atoms with Crippen molar-refractivity contribution in [1.82, 2.24) is 14.7 Å². The normalized spacial score (nSPS) is 11.4. The molecule has 0 bridgehead atoms. The van der Waals surface area contributed by atoms with Crippen LogP contribution in [0.5, 0.6) is 0 Å². The van der Waals surface area contributed by atoms with Gasteiger partial charge in [-0.2, -0.15) is 0 Å². The van der Waals surface area contributed by atoms with Gasteiger partial charge in [0.2, 0.25) is 0 Å². The van der Waals surface area contributed by atoms with E-state index >= 15 is 0 Å². The molecule has 0 rings (SSSR count). The number of hydrogen-bond donors (Lipinski definition) is 0. The van der Waals surface area contributed by atoms with E-state index in [4.69, 9.17) is 37.9 Å². The molecule has 10 heteroatoms. The summed E-state index contributed by atoms with van der Waals surface area (Å²) in [7, 11) is 0. The van der Waals surface area contributed by atoms with Crippen molar-refractivity contribution >= 4 is 87.5 Å². The van der Waals surface area contributed by atoms with Crippen LogP contribution in [0.15, 0.2) is 0 Å². The molecule has 1 radical (unpaired) electrons. The van der Waals surface area contributed by atoms with Gasteiger partial charge in [0.15, 0.2) is 0 Å². The molecule has 0 aromatic carbocycles. The van der Waals surface area contributed by atoms with E-state index in [0.717, 1.165) is 52.2 Å². The van der Waals surface area contributed by atoms with Crippen LogP contribution in [-0.4, -0.2) is 66.9 Å². The zero-order chi connectivity index (χ0) is 29.2. The summed E-state index contributed by atoms with van der Waals surface area (Å²) in [5.41, 5.74) is 0. The summed E-state index contributed by atoms with van der Waals surface area (Å²) in [6.07, 6.45) is 0. The van der Waals surface area contributed by atoms with E-state index in [9.17, 15) is 0 Å². The monoisotopic (exact) mass is 671 g/mol. The Bertz CT molecular complexity index is 488. The quantitative estimate of drug-likeness (QED) is 0.0985. The fourth-order valence-corrected chi connectivity index (χ4v) is 4.27. The van der Waals surface area contributed by atoms with Crippen molar-refractivity contribution in [1.29, 1.82) is 0 Å². The summed E-state index contributed by atoms with van der Waals surface area (Å²) in [4.78, 5) is 6.48. The smallest absolute Gasteiger partial charge is 0.680 e. The molecule has 0 saturated carbocycles. The number of thiol groups is 3. The first kappa shape index (κ1) is 45.7. The zero-order valence-electron chi connectivity index (χ0n) is 25.5. The topological polar surface area (TPSA) is 9.72 Å². The third-order valence-electron chi connectivity index (χ3n) is 4.32. The third-order valence-corrected chi connectivity index (χ3v) is 5.95. The minimum Gasteiger partial charge on any atom is -0.680 e. The summed E-state index contributed by atoms with van der Waals surface area (Å²) in [5, 5.41) is 0. The van der Waals surface area contributed by atoms with Gasteiger partial charge in [0.25, 0.3) is 0 Å².